The quantitative estimate of drug-likeness (QED) is 0.648. The van der Waals surface area contributed by atoms with E-state index in [9.17, 15) is 14.4 Å². The Kier molecular flexibility index (Phi) is 5.63. The Hall–Kier alpha value is -3.59. The van der Waals surface area contributed by atoms with Crippen LogP contribution in [0.15, 0.2) is 48.5 Å². The highest BCUT2D eigenvalue weighted by atomic mass is 16.6. The third-order valence-corrected chi connectivity index (χ3v) is 6.30. The van der Waals surface area contributed by atoms with Gasteiger partial charge in [-0.1, -0.05) is 24.3 Å². The van der Waals surface area contributed by atoms with E-state index in [0.717, 1.165) is 0 Å². The van der Waals surface area contributed by atoms with Crippen molar-refractivity contribution in [1.82, 2.24) is 9.80 Å². The molecule has 0 N–H and O–H groups in total. The first-order chi connectivity index (χ1) is 16.1. The van der Waals surface area contributed by atoms with Crippen LogP contribution in [0.3, 0.4) is 0 Å². The van der Waals surface area contributed by atoms with Crippen molar-refractivity contribution < 1.29 is 28.6 Å². The van der Waals surface area contributed by atoms with Crippen LogP contribution < -0.4 is 19.1 Å². The monoisotopic (exact) mass is 451 g/mol. The molecule has 2 fully saturated rings. The summed E-state index contributed by atoms with van der Waals surface area (Å²) in [6.07, 6.45) is -0.580. The molecule has 9 heteroatoms. The molecule has 0 aromatic heterocycles. The van der Waals surface area contributed by atoms with E-state index in [0.29, 0.717) is 49.1 Å². The van der Waals surface area contributed by atoms with Gasteiger partial charge in [0.1, 0.15) is 12.4 Å². The van der Waals surface area contributed by atoms with Crippen molar-refractivity contribution in [2.24, 2.45) is 0 Å². The zero-order chi connectivity index (χ0) is 22.9. The summed E-state index contributed by atoms with van der Waals surface area (Å²) in [5.41, 5.74) is 0.459. The number of benzene rings is 2. The maximum atomic E-state index is 13.2. The Bertz CT molecular complexity index is 1080. The van der Waals surface area contributed by atoms with Gasteiger partial charge in [0, 0.05) is 26.2 Å². The van der Waals surface area contributed by atoms with E-state index < -0.39 is 12.1 Å². The fourth-order valence-electron chi connectivity index (χ4n) is 4.57. The molecule has 172 valence electrons. The molecule has 0 spiro atoms. The van der Waals surface area contributed by atoms with Crippen molar-refractivity contribution in [2.75, 3.05) is 44.8 Å². The molecule has 3 aliphatic heterocycles. The van der Waals surface area contributed by atoms with Crippen molar-refractivity contribution in [3.05, 3.63) is 48.5 Å². The van der Waals surface area contributed by atoms with E-state index in [1.807, 2.05) is 23.1 Å². The van der Waals surface area contributed by atoms with E-state index in [1.54, 1.807) is 35.2 Å². The molecule has 3 aliphatic rings. The van der Waals surface area contributed by atoms with Crippen LogP contribution in [0.25, 0.3) is 0 Å². The van der Waals surface area contributed by atoms with Crippen molar-refractivity contribution in [3.63, 3.8) is 0 Å². The molecule has 9 nitrogen and oxygen atoms in total. The molecule has 2 atom stereocenters. The van der Waals surface area contributed by atoms with E-state index in [1.165, 1.54) is 12.0 Å². The summed E-state index contributed by atoms with van der Waals surface area (Å²) in [5.74, 6) is 1.03. The number of nitrogens with zero attached hydrogens (tertiary/aromatic N) is 3. The lowest BCUT2D eigenvalue weighted by atomic mass is 10.1. The first-order valence-corrected chi connectivity index (χ1v) is 11.0. The second kappa shape index (κ2) is 8.74. The number of ether oxygens (including phenoxy) is 3. The Labute approximate surface area is 191 Å². The number of para-hydroxylation sites is 4. The normalized spacial score (nSPS) is 23.1. The Morgan fingerprint density at radius 2 is 1.67 bits per heavy atom. The molecule has 0 unspecified atom stereocenters. The molecular formula is C24H25N3O6. The molecule has 0 bridgehead atoms. The zero-order valence-electron chi connectivity index (χ0n) is 18.3. The maximum absolute atomic E-state index is 13.2. The number of fused-ring (bicyclic) bond motifs is 1. The van der Waals surface area contributed by atoms with Crippen molar-refractivity contribution in [1.29, 1.82) is 0 Å². The van der Waals surface area contributed by atoms with Crippen LogP contribution in [0.2, 0.25) is 0 Å². The smallest absolute Gasteiger partial charge is 0.267 e. The van der Waals surface area contributed by atoms with Gasteiger partial charge in [0.15, 0.2) is 11.5 Å². The van der Waals surface area contributed by atoms with Crippen LogP contribution in [0.4, 0.5) is 5.69 Å². The summed E-state index contributed by atoms with van der Waals surface area (Å²) in [6.45, 7) is 2.07. The topological polar surface area (TPSA) is 88.6 Å². The molecule has 5 rings (SSSR count). The third-order valence-electron chi connectivity index (χ3n) is 6.30. The molecule has 0 aliphatic carbocycles. The summed E-state index contributed by atoms with van der Waals surface area (Å²) in [7, 11) is 1.51. The number of carbonyl (C=O) groups is 3. The van der Waals surface area contributed by atoms with E-state index in [2.05, 4.69) is 0 Å². The number of methoxy groups -OCH3 is 1. The molecule has 0 saturated carbocycles. The molecule has 2 saturated heterocycles. The largest absolute Gasteiger partial charge is 0.495 e. The summed E-state index contributed by atoms with van der Waals surface area (Å²) in [4.78, 5) is 43.8. The Balaban J connectivity index is 1.21. The van der Waals surface area contributed by atoms with Crippen LogP contribution in [0, 0.1) is 0 Å². The standard InChI is InChI=1S/C24H25N3O6/c1-31-18-7-3-2-6-16(18)27-22(28)14-17(23(27)29)25-10-12-26(13-11-25)24(30)21-15-32-19-8-4-5-9-20(19)33-21/h2-9,17,21H,10-15H2,1H3/t17-,21+/m1/s1. The molecule has 2 aromatic rings. The van der Waals surface area contributed by atoms with Gasteiger partial charge in [-0.25, -0.2) is 4.90 Å². The van der Waals surface area contributed by atoms with Gasteiger partial charge < -0.3 is 19.1 Å². The van der Waals surface area contributed by atoms with Crippen LogP contribution in [-0.4, -0.2) is 79.6 Å². The minimum atomic E-state index is -0.692. The van der Waals surface area contributed by atoms with Gasteiger partial charge in [-0.3, -0.25) is 19.3 Å². The molecule has 0 radical (unpaired) electrons. The predicted molar refractivity (Wildman–Crippen MR) is 118 cm³/mol. The third kappa shape index (κ3) is 3.89. The molecular weight excluding hydrogens is 426 g/mol. The second-order valence-corrected chi connectivity index (χ2v) is 8.18. The average Bonchev–Trinajstić information content (AvgIpc) is 3.16. The number of anilines is 1. The number of piperazine rings is 1. The molecule has 2 aromatic carbocycles. The van der Waals surface area contributed by atoms with Gasteiger partial charge in [0.2, 0.25) is 12.0 Å². The Morgan fingerprint density at radius 1 is 0.970 bits per heavy atom. The first kappa shape index (κ1) is 21.3. The van der Waals surface area contributed by atoms with Crippen molar-refractivity contribution in [2.45, 2.75) is 18.6 Å². The number of rotatable bonds is 4. The highest BCUT2D eigenvalue weighted by Crippen LogP contribution is 2.34. The van der Waals surface area contributed by atoms with Gasteiger partial charge in [0.05, 0.1) is 25.3 Å². The lowest BCUT2D eigenvalue weighted by Gasteiger charge is -2.38. The van der Waals surface area contributed by atoms with Crippen LogP contribution >= 0.6 is 0 Å². The van der Waals surface area contributed by atoms with E-state index in [4.69, 9.17) is 14.2 Å². The number of hydrogen-bond donors (Lipinski definition) is 0. The van der Waals surface area contributed by atoms with E-state index >= 15 is 0 Å². The molecule has 33 heavy (non-hydrogen) atoms. The molecule has 3 amide bonds. The average molecular weight is 451 g/mol. The molecule has 3 heterocycles. The summed E-state index contributed by atoms with van der Waals surface area (Å²) >= 11 is 0. The fourth-order valence-corrected chi connectivity index (χ4v) is 4.57. The fraction of sp³-hybridized carbons (Fsp3) is 0.375. The number of carbonyl (C=O) groups excluding carboxylic acids is 3. The highest BCUT2D eigenvalue weighted by Gasteiger charge is 2.45. The number of hydrogen-bond acceptors (Lipinski definition) is 7. The highest BCUT2D eigenvalue weighted by molar-refractivity contribution is 6.23. The van der Waals surface area contributed by atoms with Crippen LogP contribution in [0.1, 0.15) is 6.42 Å². The van der Waals surface area contributed by atoms with Crippen molar-refractivity contribution >= 4 is 23.4 Å². The number of imide groups is 1. The Morgan fingerprint density at radius 3 is 2.42 bits per heavy atom. The van der Waals surface area contributed by atoms with Gasteiger partial charge in [-0.05, 0) is 24.3 Å². The summed E-state index contributed by atoms with van der Waals surface area (Å²) in [5, 5.41) is 0. The van der Waals surface area contributed by atoms with Gasteiger partial charge in [-0.2, -0.15) is 0 Å². The first-order valence-electron chi connectivity index (χ1n) is 11.0. The number of amides is 3. The summed E-state index contributed by atoms with van der Waals surface area (Å²) < 4.78 is 16.8. The maximum Gasteiger partial charge on any atom is 0.267 e. The lowest BCUT2D eigenvalue weighted by molar-refractivity contribution is -0.143. The van der Waals surface area contributed by atoms with Gasteiger partial charge >= 0.3 is 0 Å². The summed E-state index contributed by atoms with van der Waals surface area (Å²) in [6, 6.07) is 13.7. The van der Waals surface area contributed by atoms with Crippen LogP contribution in [0.5, 0.6) is 17.2 Å². The van der Waals surface area contributed by atoms with Gasteiger partial charge in [0.25, 0.3) is 11.8 Å². The minimum absolute atomic E-state index is 0.112. The van der Waals surface area contributed by atoms with E-state index in [-0.39, 0.29) is 30.7 Å². The van der Waals surface area contributed by atoms with Crippen molar-refractivity contribution in [3.8, 4) is 17.2 Å². The SMILES string of the molecule is COc1ccccc1N1C(=O)C[C@@H](N2CCN(C(=O)[C@@H]3COc4ccccc4O3)CC2)C1=O. The lowest BCUT2D eigenvalue weighted by Crippen LogP contribution is -2.57. The second-order valence-electron chi connectivity index (χ2n) is 8.18. The predicted octanol–water partition coefficient (Wildman–Crippen LogP) is 1.31. The minimum Gasteiger partial charge on any atom is -0.495 e. The van der Waals surface area contributed by atoms with Gasteiger partial charge in [-0.15, -0.1) is 0 Å². The van der Waals surface area contributed by atoms with Crippen LogP contribution in [-0.2, 0) is 14.4 Å². The zero-order valence-corrected chi connectivity index (χ0v) is 18.3.